The molecule has 13 nitrogen and oxygen atoms in total. The summed E-state index contributed by atoms with van der Waals surface area (Å²) in [6.45, 7) is 33.9. The average Bonchev–Trinajstić information content (AvgIpc) is 3.89. The van der Waals surface area contributed by atoms with Crippen molar-refractivity contribution in [1.82, 2.24) is 31.1 Å². The number of aliphatic hydroxyl groups excluding tert-OH is 1. The quantitative estimate of drug-likeness (QED) is 0.0295. The number of aldehydes is 2. The third-order valence-corrected chi connectivity index (χ3v) is 11.3. The van der Waals surface area contributed by atoms with Gasteiger partial charge < -0.3 is 36.1 Å². The van der Waals surface area contributed by atoms with Crippen molar-refractivity contribution in [2.75, 3.05) is 40.5 Å². The van der Waals surface area contributed by atoms with Crippen LogP contribution in [0.15, 0.2) is 12.7 Å². The Kier molecular flexibility index (Phi) is 44.4. The molecule has 1 saturated heterocycles. The van der Waals surface area contributed by atoms with Crippen LogP contribution in [0.25, 0.3) is 0 Å². The minimum Gasteiger partial charge on any atom is -0.381 e. The SMILES string of the molecule is C=CCNC.CC.CC.CC(C)C.CC1(CC=O)CCCC1.CCC.CCCC(NC(=O)C1CCCN1C(=O)C(NC(=O)NC(CN(C)CO)C(C)C)C1(C)CCCCCC1)C(=O)C=O. The highest BCUT2D eigenvalue weighted by molar-refractivity contribution is 6.28. The Morgan fingerprint density at radius 3 is 1.74 bits per heavy atom. The Morgan fingerprint density at radius 2 is 1.34 bits per heavy atom. The monoisotopic (exact) mass is 925 g/mol. The summed E-state index contributed by atoms with van der Waals surface area (Å²) in [5.41, 5.74) is -0.107. The summed E-state index contributed by atoms with van der Waals surface area (Å²) in [4.78, 5) is 77.4. The van der Waals surface area contributed by atoms with Crippen LogP contribution in [0, 0.1) is 22.7 Å². The third kappa shape index (κ3) is 31.4. The van der Waals surface area contributed by atoms with E-state index in [1.54, 1.807) is 16.8 Å². The van der Waals surface area contributed by atoms with Crippen LogP contribution in [0.1, 0.15) is 200 Å². The molecular formula is C52H104N6O7. The summed E-state index contributed by atoms with van der Waals surface area (Å²) >= 11 is 0. The van der Waals surface area contributed by atoms with E-state index in [1.807, 2.05) is 68.5 Å². The Morgan fingerprint density at radius 1 is 0.831 bits per heavy atom. The molecule has 4 amide bonds. The number of nitrogens with one attached hydrogen (secondary N) is 4. The number of likely N-dealkylation sites (N-methyl/N-ethyl adjacent to an activating group) is 2. The van der Waals surface area contributed by atoms with Crippen molar-refractivity contribution in [2.45, 2.75) is 224 Å². The van der Waals surface area contributed by atoms with E-state index in [0.717, 1.165) is 63.7 Å². The number of amides is 4. The van der Waals surface area contributed by atoms with Gasteiger partial charge in [0.05, 0.1) is 12.8 Å². The lowest BCUT2D eigenvalue weighted by Gasteiger charge is -2.40. The first kappa shape index (κ1) is 68.4. The van der Waals surface area contributed by atoms with E-state index in [0.29, 0.717) is 44.2 Å². The minimum atomic E-state index is -0.906. The number of nitrogens with zero attached hydrogens (tertiary/aromatic N) is 2. The summed E-state index contributed by atoms with van der Waals surface area (Å²) in [6.07, 6.45) is 17.9. The number of ketones is 1. The van der Waals surface area contributed by atoms with Crippen LogP contribution in [-0.2, 0) is 24.0 Å². The molecule has 4 atom stereocenters. The zero-order valence-corrected chi connectivity index (χ0v) is 44.8. The van der Waals surface area contributed by atoms with Gasteiger partial charge in [0, 0.05) is 32.1 Å². The lowest BCUT2D eigenvalue weighted by molar-refractivity contribution is -0.143. The van der Waals surface area contributed by atoms with E-state index in [4.69, 9.17) is 0 Å². The van der Waals surface area contributed by atoms with E-state index in [-0.39, 0.29) is 30.9 Å². The first-order valence-electron chi connectivity index (χ1n) is 25.5. The largest absolute Gasteiger partial charge is 0.381 e. The molecule has 2 aliphatic carbocycles. The number of Topliss-reactive ketones (excluding diaryl/α,β-unsaturated/α-hetero) is 1. The fourth-order valence-corrected chi connectivity index (χ4v) is 7.69. The molecule has 3 rings (SSSR count). The lowest BCUT2D eigenvalue weighted by Crippen LogP contribution is -2.62. The number of hydrogen-bond donors (Lipinski definition) is 5. The van der Waals surface area contributed by atoms with Gasteiger partial charge >= 0.3 is 6.03 Å². The van der Waals surface area contributed by atoms with Gasteiger partial charge in [0.1, 0.15) is 18.4 Å². The van der Waals surface area contributed by atoms with Gasteiger partial charge in [-0.15, -0.1) is 6.58 Å². The molecule has 4 unspecified atom stereocenters. The number of urea groups is 1. The topological polar surface area (TPSA) is 177 Å². The van der Waals surface area contributed by atoms with E-state index >= 15 is 0 Å². The first-order valence-corrected chi connectivity index (χ1v) is 25.5. The maximum absolute atomic E-state index is 14.2. The average molecular weight is 925 g/mol. The number of aliphatic hydroxyl groups is 1. The fraction of sp³-hybridized carbons (Fsp3) is 0.846. The van der Waals surface area contributed by atoms with Crippen LogP contribution >= 0.6 is 0 Å². The second-order valence-electron chi connectivity index (χ2n) is 18.9. The molecule has 5 N–H and O–H groups in total. The molecule has 2 saturated carbocycles. The molecule has 0 aromatic heterocycles. The van der Waals surface area contributed by atoms with Crippen molar-refractivity contribution < 1.29 is 33.9 Å². The number of carbonyl (C=O) groups excluding carboxylic acids is 6. The Bertz CT molecular complexity index is 1230. The van der Waals surface area contributed by atoms with E-state index < -0.39 is 41.3 Å². The standard InChI is InChI=1S/C29H51N5O6.C8H14O.C4H9N.C4H10.C3H8.2C2H6/c1-6-12-21(24(37)18-35)30-26(38)23-13-11-16-34(23)27(39)25(29(4)14-9-7-8-10-15-29)32-28(40)31-22(20(2)3)17-33(5)19-36;1-8(6-7-9)4-2-3-5-8;1-3-4-5-2;1-4(2)3;1-3-2;2*1-2/h18,20-23,25,36H,6-17,19H2,1-5H3,(H,30,38)(H2,31,32,40);7H,2-6H2,1H3;3,5H,1,4H2,2H3;4H,1-3H3;3H2,1-2H3;2*1-2H3. The molecule has 1 aliphatic heterocycles. The summed E-state index contributed by atoms with van der Waals surface area (Å²) in [6, 6.07) is -3.20. The van der Waals surface area contributed by atoms with Crippen molar-refractivity contribution in [3.05, 3.63) is 12.7 Å². The molecule has 384 valence electrons. The molecule has 0 radical (unpaired) electrons. The smallest absolute Gasteiger partial charge is 0.315 e. The second kappa shape index (κ2) is 42.2. The molecular weight excluding hydrogens is 821 g/mol. The molecule has 0 aromatic carbocycles. The van der Waals surface area contributed by atoms with Crippen LogP contribution in [0.5, 0.6) is 0 Å². The zero-order valence-electron chi connectivity index (χ0n) is 44.8. The molecule has 0 bridgehead atoms. The predicted molar refractivity (Wildman–Crippen MR) is 273 cm³/mol. The van der Waals surface area contributed by atoms with E-state index in [9.17, 15) is 33.9 Å². The molecule has 13 heteroatoms. The highest BCUT2D eigenvalue weighted by atomic mass is 16.3. The number of hydrogen-bond acceptors (Lipinski definition) is 9. The number of likely N-dealkylation sites (tertiary alicyclic amines) is 1. The predicted octanol–water partition coefficient (Wildman–Crippen LogP) is 9.64. The lowest BCUT2D eigenvalue weighted by atomic mass is 9.75. The summed E-state index contributed by atoms with van der Waals surface area (Å²) < 4.78 is 0. The van der Waals surface area contributed by atoms with Gasteiger partial charge in [0.15, 0.2) is 6.29 Å². The zero-order chi connectivity index (χ0) is 51.0. The summed E-state index contributed by atoms with van der Waals surface area (Å²) in [5, 5.41) is 21.0. The summed E-state index contributed by atoms with van der Waals surface area (Å²) in [7, 11) is 3.65. The van der Waals surface area contributed by atoms with Crippen LogP contribution in [-0.4, -0.2) is 116 Å². The third-order valence-electron chi connectivity index (χ3n) is 11.3. The van der Waals surface area contributed by atoms with Gasteiger partial charge in [-0.25, -0.2) is 4.79 Å². The molecule has 0 aromatic rings. The molecule has 3 aliphatic rings. The molecule has 3 fully saturated rings. The van der Waals surface area contributed by atoms with Gasteiger partial charge in [-0.05, 0) is 81.7 Å². The van der Waals surface area contributed by atoms with E-state index in [2.05, 4.69) is 69.4 Å². The Hall–Kier alpha value is -3.16. The van der Waals surface area contributed by atoms with Gasteiger partial charge in [-0.2, -0.15) is 0 Å². The van der Waals surface area contributed by atoms with Crippen molar-refractivity contribution in [3.8, 4) is 0 Å². The van der Waals surface area contributed by atoms with Crippen molar-refractivity contribution in [2.24, 2.45) is 22.7 Å². The van der Waals surface area contributed by atoms with Gasteiger partial charge in [0.25, 0.3) is 0 Å². The Labute approximate surface area is 399 Å². The van der Waals surface area contributed by atoms with E-state index in [1.165, 1.54) is 32.1 Å². The molecule has 65 heavy (non-hydrogen) atoms. The second-order valence-corrected chi connectivity index (χ2v) is 18.9. The fourth-order valence-electron chi connectivity index (χ4n) is 7.69. The molecule has 0 spiro atoms. The Balaban J connectivity index is -0.000000604. The van der Waals surface area contributed by atoms with Crippen LogP contribution in [0.2, 0.25) is 0 Å². The first-order chi connectivity index (χ1) is 30.8. The minimum absolute atomic E-state index is 0.0965. The number of rotatable bonds is 18. The van der Waals surface area contributed by atoms with Crippen LogP contribution in [0.3, 0.4) is 0 Å². The van der Waals surface area contributed by atoms with Gasteiger partial charge in [-0.3, -0.25) is 24.1 Å². The normalized spacial score (nSPS) is 18.0. The van der Waals surface area contributed by atoms with Gasteiger partial charge in [-0.1, -0.05) is 154 Å². The maximum Gasteiger partial charge on any atom is 0.315 e. The van der Waals surface area contributed by atoms with Crippen LogP contribution in [0.4, 0.5) is 4.79 Å². The maximum atomic E-state index is 14.2. The van der Waals surface area contributed by atoms with Crippen molar-refractivity contribution >= 4 is 36.2 Å². The van der Waals surface area contributed by atoms with Crippen molar-refractivity contribution in [1.29, 1.82) is 0 Å². The summed E-state index contributed by atoms with van der Waals surface area (Å²) in [5.74, 6) is -0.487. The van der Waals surface area contributed by atoms with Crippen LogP contribution < -0.4 is 21.3 Å². The highest BCUT2D eigenvalue weighted by Crippen LogP contribution is 2.40. The van der Waals surface area contributed by atoms with Crippen molar-refractivity contribution in [3.63, 3.8) is 0 Å². The highest BCUT2D eigenvalue weighted by Gasteiger charge is 2.46. The number of carbonyl (C=O) groups is 6. The molecule has 1 heterocycles. The van der Waals surface area contributed by atoms with Gasteiger partial charge in [0.2, 0.25) is 17.6 Å².